The van der Waals surface area contributed by atoms with Crippen LogP contribution < -0.4 is 4.90 Å². The molecule has 1 saturated heterocycles. The van der Waals surface area contributed by atoms with Crippen molar-refractivity contribution in [2.45, 2.75) is 39.2 Å². The van der Waals surface area contributed by atoms with Crippen LogP contribution in [-0.4, -0.2) is 33.6 Å². The van der Waals surface area contributed by atoms with Gasteiger partial charge in [0.05, 0.1) is 28.3 Å². The van der Waals surface area contributed by atoms with Gasteiger partial charge in [-0.15, -0.1) is 0 Å². The first-order valence-corrected chi connectivity index (χ1v) is 10.3. The highest BCUT2D eigenvalue weighted by molar-refractivity contribution is 5.97. The van der Waals surface area contributed by atoms with E-state index < -0.39 is 5.54 Å². The SMILES string of the molecule is Cc1ccc(-c2ncn3c2C(C)(C)N(C(=O)N2CCCC2)c2ccccc2-3)cc1. The van der Waals surface area contributed by atoms with Crippen molar-refractivity contribution in [3.8, 4) is 16.9 Å². The molecule has 5 nitrogen and oxygen atoms in total. The number of rotatable bonds is 1. The molecule has 0 saturated carbocycles. The predicted octanol–water partition coefficient (Wildman–Crippen LogP) is 5.12. The van der Waals surface area contributed by atoms with Gasteiger partial charge in [0.15, 0.2) is 0 Å². The normalized spacial score (nSPS) is 17.2. The van der Waals surface area contributed by atoms with Crippen LogP contribution in [0.4, 0.5) is 10.5 Å². The van der Waals surface area contributed by atoms with E-state index in [-0.39, 0.29) is 6.03 Å². The van der Waals surface area contributed by atoms with E-state index in [1.807, 2.05) is 34.3 Å². The Labute approximate surface area is 171 Å². The Morgan fingerprint density at radius 1 is 0.966 bits per heavy atom. The molecular formula is C24H26N4O. The minimum absolute atomic E-state index is 0.0854. The lowest BCUT2D eigenvalue weighted by Crippen LogP contribution is -2.54. The quantitative estimate of drug-likeness (QED) is 0.582. The topological polar surface area (TPSA) is 41.4 Å². The van der Waals surface area contributed by atoms with E-state index in [1.165, 1.54) is 5.56 Å². The fourth-order valence-corrected chi connectivity index (χ4v) is 4.69. The van der Waals surface area contributed by atoms with Gasteiger partial charge in [-0.05, 0) is 45.7 Å². The highest BCUT2D eigenvalue weighted by Gasteiger charge is 2.45. The summed E-state index contributed by atoms with van der Waals surface area (Å²) in [6.07, 6.45) is 4.05. The molecular weight excluding hydrogens is 360 g/mol. The third kappa shape index (κ3) is 2.68. The molecule has 0 radical (unpaired) electrons. The van der Waals surface area contributed by atoms with Crippen LogP contribution in [0.5, 0.6) is 0 Å². The number of carbonyl (C=O) groups is 1. The molecule has 0 bridgehead atoms. The summed E-state index contributed by atoms with van der Waals surface area (Å²) in [5.41, 5.74) is 5.68. The van der Waals surface area contributed by atoms with Crippen LogP contribution in [0, 0.1) is 6.92 Å². The lowest BCUT2D eigenvalue weighted by molar-refractivity contribution is 0.207. The number of aryl methyl sites for hydroxylation is 1. The first kappa shape index (κ1) is 18.0. The second-order valence-corrected chi connectivity index (χ2v) is 8.54. The van der Waals surface area contributed by atoms with Crippen molar-refractivity contribution in [2.75, 3.05) is 18.0 Å². The van der Waals surface area contributed by atoms with E-state index in [4.69, 9.17) is 4.98 Å². The lowest BCUT2D eigenvalue weighted by atomic mass is 9.90. The van der Waals surface area contributed by atoms with Gasteiger partial charge in [-0.1, -0.05) is 42.0 Å². The lowest BCUT2D eigenvalue weighted by Gasteiger charge is -2.45. The van der Waals surface area contributed by atoms with E-state index in [1.54, 1.807) is 0 Å². The van der Waals surface area contributed by atoms with Crippen LogP contribution in [0.25, 0.3) is 16.9 Å². The van der Waals surface area contributed by atoms with Gasteiger partial charge in [0.25, 0.3) is 0 Å². The predicted molar refractivity (Wildman–Crippen MR) is 115 cm³/mol. The van der Waals surface area contributed by atoms with Crippen LogP contribution >= 0.6 is 0 Å². The highest BCUT2D eigenvalue weighted by atomic mass is 16.2. The number of urea groups is 1. The van der Waals surface area contributed by atoms with E-state index in [0.717, 1.165) is 54.3 Å². The number of benzene rings is 2. The summed E-state index contributed by atoms with van der Waals surface area (Å²) in [5, 5.41) is 0. The zero-order chi connectivity index (χ0) is 20.2. The molecule has 1 fully saturated rings. The number of anilines is 1. The monoisotopic (exact) mass is 386 g/mol. The maximum absolute atomic E-state index is 13.6. The molecule has 2 aliphatic heterocycles. The summed E-state index contributed by atoms with van der Waals surface area (Å²) in [6.45, 7) is 8.00. The number of para-hydroxylation sites is 2. The van der Waals surface area contributed by atoms with Crippen molar-refractivity contribution in [1.29, 1.82) is 0 Å². The van der Waals surface area contributed by atoms with Gasteiger partial charge < -0.3 is 4.90 Å². The number of likely N-dealkylation sites (tertiary alicyclic amines) is 1. The molecule has 3 heterocycles. The molecule has 2 amide bonds. The molecule has 2 aromatic carbocycles. The van der Waals surface area contributed by atoms with Gasteiger partial charge in [-0.2, -0.15) is 0 Å². The molecule has 0 spiro atoms. The maximum Gasteiger partial charge on any atom is 0.325 e. The standard InChI is InChI=1S/C24H26N4O/c1-17-10-12-18(13-11-17)21-22-24(2,3)28(23(29)26-14-6-7-15-26)20-9-5-4-8-19(20)27(22)16-25-21/h4-5,8-13,16H,6-7,14-15H2,1-3H3. The molecule has 2 aliphatic rings. The maximum atomic E-state index is 13.6. The number of hydrogen-bond donors (Lipinski definition) is 0. The number of hydrogen-bond acceptors (Lipinski definition) is 2. The molecule has 0 unspecified atom stereocenters. The van der Waals surface area contributed by atoms with Gasteiger partial charge in [0.1, 0.15) is 6.33 Å². The fraction of sp³-hybridized carbons (Fsp3) is 0.333. The minimum atomic E-state index is -0.537. The number of imidazole rings is 1. The summed E-state index contributed by atoms with van der Waals surface area (Å²) in [4.78, 5) is 22.4. The number of carbonyl (C=O) groups excluding carboxylic acids is 1. The van der Waals surface area contributed by atoms with Crippen molar-refractivity contribution >= 4 is 11.7 Å². The van der Waals surface area contributed by atoms with Crippen LogP contribution in [0.15, 0.2) is 54.9 Å². The van der Waals surface area contributed by atoms with Crippen molar-refractivity contribution in [3.63, 3.8) is 0 Å². The van der Waals surface area contributed by atoms with Crippen LogP contribution in [0.3, 0.4) is 0 Å². The van der Waals surface area contributed by atoms with E-state index in [0.29, 0.717) is 0 Å². The Kier molecular flexibility index (Phi) is 4.02. The molecule has 29 heavy (non-hydrogen) atoms. The number of fused-ring (bicyclic) bond motifs is 3. The Balaban J connectivity index is 1.71. The van der Waals surface area contributed by atoms with Gasteiger partial charge in [0, 0.05) is 18.7 Å². The first-order valence-electron chi connectivity index (χ1n) is 10.3. The zero-order valence-electron chi connectivity index (χ0n) is 17.2. The first-order chi connectivity index (χ1) is 14.0. The molecule has 0 aliphatic carbocycles. The highest BCUT2D eigenvalue weighted by Crippen LogP contribution is 2.46. The number of nitrogens with zero attached hydrogens (tertiary/aromatic N) is 4. The Morgan fingerprint density at radius 3 is 2.31 bits per heavy atom. The summed E-state index contributed by atoms with van der Waals surface area (Å²) in [5.74, 6) is 0. The second kappa shape index (κ2) is 6.48. The van der Waals surface area contributed by atoms with Crippen molar-refractivity contribution in [1.82, 2.24) is 14.5 Å². The summed E-state index contributed by atoms with van der Waals surface area (Å²) in [7, 11) is 0. The molecule has 148 valence electrons. The minimum Gasteiger partial charge on any atom is -0.324 e. The van der Waals surface area contributed by atoms with Crippen molar-refractivity contribution < 1.29 is 4.79 Å². The van der Waals surface area contributed by atoms with Crippen LogP contribution in [0.2, 0.25) is 0 Å². The van der Waals surface area contributed by atoms with Gasteiger partial charge in [-0.25, -0.2) is 9.78 Å². The Morgan fingerprint density at radius 2 is 1.62 bits per heavy atom. The summed E-state index contributed by atoms with van der Waals surface area (Å²) >= 11 is 0. The van der Waals surface area contributed by atoms with E-state index in [2.05, 4.69) is 55.7 Å². The summed E-state index contributed by atoms with van der Waals surface area (Å²) < 4.78 is 2.15. The van der Waals surface area contributed by atoms with Crippen LogP contribution in [-0.2, 0) is 5.54 Å². The molecule has 0 N–H and O–H groups in total. The fourth-order valence-electron chi connectivity index (χ4n) is 4.69. The van der Waals surface area contributed by atoms with E-state index >= 15 is 0 Å². The Hall–Kier alpha value is -3.08. The molecule has 5 heteroatoms. The van der Waals surface area contributed by atoms with Crippen molar-refractivity contribution in [2.24, 2.45) is 0 Å². The third-order valence-corrected chi connectivity index (χ3v) is 6.18. The van der Waals surface area contributed by atoms with E-state index in [9.17, 15) is 4.79 Å². The smallest absolute Gasteiger partial charge is 0.324 e. The summed E-state index contributed by atoms with van der Waals surface area (Å²) in [6, 6.07) is 16.7. The average Bonchev–Trinajstić information content (AvgIpc) is 3.39. The Bertz CT molecular complexity index is 1070. The van der Waals surface area contributed by atoms with Crippen LogP contribution in [0.1, 0.15) is 37.9 Å². The zero-order valence-corrected chi connectivity index (χ0v) is 17.2. The molecule has 0 atom stereocenters. The number of amides is 2. The second-order valence-electron chi connectivity index (χ2n) is 8.54. The molecule has 3 aromatic rings. The largest absolute Gasteiger partial charge is 0.325 e. The average molecular weight is 386 g/mol. The van der Waals surface area contributed by atoms with Crippen molar-refractivity contribution in [3.05, 3.63) is 66.1 Å². The third-order valence-electron chi connectivity index (χ3n) is 6.18. The number of aromatic nitrogens is 2. The van der Waals surface area contributed by atoms with Gasteiger partial charge >= 0.3 is 6.03 Å². The molecule has 1 aromatic heterocycles. The van der Waals surface area contributed by atoms with Gasteiger partial charge in [-0.3, -0.25) is 9.47 Å². The van der Waals surface area contributed by atoms with Gasteiger partial charge in [0.2, 0.25) is 0 Å². The molecule has 5 rings (SSSR count).